The topological polar surface area (TPSA) is 26.3 Å². The number of allylic oxidation sites excluding steroid dienone is 1. The van der Waals surface area contributed by atoms with E-state index in [1.54, 1.807) is 7.11 Å². The zero-order valence-electron chi connectivity index (χ0n) is 27.0. The van der Waals surface area contributed by atoms with Crippen molar-refractivity contribution in [2.24, 2.45) is 34.5 Å². The second-order valence-corrected chi connectivity index (χ2v) is 11.3. The Labute approximate surface area is 232 Å². The number of carbonyl (C=O) groups is 1. The summed E-state index contributed by atoms with van der Waals surface area (Å²) in [6.07, 6.45) is 6.31. The van der Waals surface area contributed by atoms with Gasteiger partial charge in [-0.2, -0.15) is 0 Å². The van der Waals surface area contributed by atoms with Crippen LogP contribution in [0.1, 0.15) is 133 Å². The van der Waals surface area contributed by atoms with Gasteiger partial charge < -0.3 is 4.74 Å². The van der Waals surface area contributed by atoms with Crippen LogP contribution in [0.3, 0.4) is 0 Å². The first-order valence-corrected chi connectivity index (χ1v) is 15.4. The third kappa shape index (κ3) is 7.73. The minimum absolute atomic E-state index is 0.0719. The molecule has 2 aliphatic carbocycles. The minimum atomic E-state index is -0.185. The zero-order chi connectivity index (χ0) is 29.0. The van der Waals surface area contributed by atoms with E-state index in [0.717, 1.165) is 31.4 Å². The van der Waals surface area contributed by atoms with E-state index < -0.39 is 0 Å². The predicted octanol–water partition coefficient (Wildman–Crippen LogP) is 10.9. The molecule has 2 nitrogen and oxygen atoms in total. The standard InChI is InChI=1S/C29H44O2.3C2H6/c1-9-23-25-14-15-26(30)29(25,7)18-24(21-10-12-22(31-8)13-11-21)27(23)28(6,20(4)5)17-16-19(2)3;3*1-2/h10-13,19,23-25,27H,4,9,14-18H2,1-3,5-8H3;3*1-2H3. The summed E-state index contributed by atoms with van der Waals surface area (Å²) in [6, 6.07) is 8.66. The van der Waals surface area contributed by atoms with Gasteiger partial charge in [-0.15, -0.1) is 0 Å². The van der Waals surface area contributed by atoms with Gasteiger partial charge >= 0.3 is 0 Å². The van der Waals surface area contributed by atoms with Crippen LogP contribution in [0.2, 0.25) is 0 Å². The first-order valence-electron chi connectivity index (χ1n) is 15.4. The first-order chi connectivity index (χ1) is 17.6. The number of hydrogen-bond acceptors (Lipinski definition) is 2. The molecule has 6 unspecified atom stereocenters. The summed E-state index contributed by atoms with van der Waals surface area (Å²) in [5.74, 6) is 3.99. The third-order valence-corrected chi connectivity index (χ3v) is 9.16. The molecule has 6 atom stereocenters. The summed E-state index contributed by atoms with van der Waals surface area (Å²) >= 11 is 0. The van der Waals surface area contributed by atoms with Crippen LogP contribution in [0.15, 0.2) is 36.4 Å². The number of fused-ring (bicyclic) bond motifs is 1. The van der Waals surface area contributed by atoms with Crippen molar-refractivity contribution in [3.8, 4) is 5.75 Å². The van der Waals surface area contributed by atoms with Gasteiger partial charge in [0.05, 0.1) is 7.11 Å². The smallest absolute Gasteiger partial charge is 0.139 e. The number of methoxy groups -OCH3 is 1. The molecule has 0 N–H and O–H groups in total. The van der Waals surface area contributed by atoms with Gasteiger partial charge in [0.15, 0.2) is 0 Å². The lowest BCUT2D eigenvalue weighted by molar-refractivity contribution is -0.132. The molecule has 2 heteroatoms. The van der Waals surface area contributed by atoms with Crippen LogP contribution in [0, 0.1) is 34.5 Å². The van der Waals surface area contributed by atoms with E-state index in [1.165, 1.54) is 24.0 Å². The number of ether oxygens (including phenoxy) is 1. The maximum absolute atomic E-state index is 13.1. The quantitative estimate of drug-likeness (QED) is 0.322. The molecule has 2 aliphatic rings. The van der Waals surface area contributed by atoms with Crippen LogP contribution in [0.4, 0.5) is 0 Å². The lowest BCUT2D eigenvalue weighted by Crippen LogP contribution is -2.50. The Morgan fingerprint density at radius 1 is 1.11 bits per heavy atom. The molecule has 0 saturated heterocycles. The average molecular weight is 515 g/mol. The van der Waals surface area contributed by atoms with E-state index in [4.69, 9.17) is 4.74 Å². The first kappa shape index (κ1) is 35.4. The maximum Gasteiger partial charge on any atom is 0.139 e. The summed E-state index contributed by atoms with van der Waals surface area (Å²) < 4.78 is 5.43. The van der Waals surface area contributed by atoms with Crippen molar-refractivity contribution in [2.75, 3.05) is 7.11 Å². The highest BCUT2D eigenvalue weighted by Gasteiger charge is 2.59. The highest BCUT2D eigenvalue weighted by Crippen LogP contribution is 2.64. The van der Waals surface area contributed by atoms with Crippen molar-refractivity contribution in [2.45, 2.75) is 128 Å². The maximum atomic E-state index is 13.1. The Balaban J connectivity index is 0.00000201. The van der Waals surface area contributed by atoms with Crippen LogP contribution in [0.5, 0.6) is 5.75 Å². The van der Waals surface area contributed by atoms with Crippen molar-refractivity contribution in [3.05, 3.63) is 42.0 Å². The fourth-order valence-electron chi connectivity index (χ4n) is 7.07. The van der Waals surface area contributed by atoms with E-state index >= 15 is 0 Å². The fourth-order valence-corrected chi connectivity index (χ4v) is 7.07. The van der Waals surface area contributed by atoms with E-state index in [2.05, 4.69) is 72.4 Å². The average Bonchev–Trinajstić information content (AvgIpc) is 3.23. The SMILES string of the molecule is C=C(C)C(C)(CCC(C)C)C1C(c2ccc(OC)cc2)CC2(C)C(=O)CCC2C1CC.CC.CC.CC. The lowest BCUT2D eigenvalue weighted by atomic mass is 9.47. The molecule has 0 amide bonds. The van der Waals surface area contributed by atoms with Gasteiger partial charge in [-0.05, 0) is 78.9 Å². The van der Waals surface area contributed by atoms with Gasteiger partial charge in [-0.1, -0.05) is 113 Å². The van der Waals surface area contributed by atoms with Gasteiger partial charge in [-0.25, -0.2) is 0 Å². The Kier molecular flexibility index (Phi) is 15.7. The number of hydrogen-bond donors (Lipinski definition) is 0. The van der Waals surface area contributed by atoms with Crippen molar-refractivity contribution >= 4 is 5.78 Å². The molecule has 214 valence electrons. The van der Waals surface area contributed by atoms with Gasteiger partial charge in [0.1, 0.15) is 11.5 Å². The van der Waals surface area contributed by atoms with Crippen LogP contribution >= 0.6 is 0 Å². The Morgan fingerprint density at radius 2 is 1.65 bits per heavy atom. The summed E-state index contributed by atoms with van der Waals surface area (Å²) in [4.78, 5) is 13.1. The van der Waals surface area contributed by atoms with Gasteiger partial charge in [0, 0.05) is 11.8 Å². The molecule has 0 bridgehead atoms. The fraction of sp³-hybridized carbons (Fsp3) is 0.743. The van der Waals surface area contributed by atoms with Gasteiger partial charge in [0.2, 0.25) is 0 Å². The Morgan fingerprint density at radius 3 is 2.08 bits per heavy atom. The molecule has 0 aliphatic heterocycles. The largest absolute Gasteiger partial charge is 0.497 e. The highest BCUT2D eigenvalue weighted by atomic mass is 16.5. The highest BCUT2D eigenvalue weighted by molar-refractivity contribution is 5.87. The minimum Gasteiger partial charge on any atom is -0.497 e. The van der Waals surface area contributed by atoms with E-state index in [9.17, 15) is 4.79 Å². The normalized spacial score (nSPS) is 27.8. The monoisotopic (exact) mass is 514 g/mol. The van der Waals surface area contributed by atoms with Crippen molar-refractivity contribution in [3.63, 3.8) is 0 Å². The number of ketones is 1. The van der Waals surface area contributed by atoms with E-state index in [-0.39, 0.29) is 10.8 Å². The molecule has 0 aromatic heterocycles. The summed E-state index contributed by atoms with van der Waals surface area (Å²) in [5.41, 5.74) is 2.56. The number of benzene rings is 1. The Hall–Kier alpha value is -1.57. The van der Waals surface area contributed by atoms with Gasteiger partial charge in [-0.3, -0.25) is 4.79 Å². The van der Waals surface area contributed by atoms with Gasteiger partial charge in [0.25, 0.3) is 0 Å². The second kappa shape index (κ2) is 16.4. The number of rotatable bonds is 8. The molecule has 0 radical (unpaired) electrons. The molecule has 3 rings (SSSR count). The number of Topliss-reactive ketones (excluding diaryl/α,β-unsaturated/α-hetero) is 1. The predicted molar refractivity (Wildman–Crippen MR) is 164 cm³/mol. The molecule has 37 heavy (non-hydrogen) atoms. The van der Waals surface area contributed by atoms with Crippen LogP contribution < -0.4 is 4.74 Å². The van der Waals surface area contributed by atoms with Crippen LogP contribution in [-0.4, -0.2) is 12.9 Å². The molecule has 2 fully saturated rings. The summed E-state index contributed by atoms with van der Waals surface area (Å²) in [6.45, 7) is 30.5. The van der Waals surface area contributed by atoms with E-state index in [1.807, 2.05) is 41.5 Å². The molecule has 0 heterocycles. The Bertz CT molecular complexity index is 792. The number of carbonyl (C=O) groups excluding carboxylic acids is 1. The lowest BCUT2D eigenvalue weighted by Gasteiger charge is -2.56. The van der Waals surface area contributed by atoms with Crippen molar-refractivity contribution in [1.82, 2.24) is 0 Å². The summed E-state index contributed by atoms with van der Waals surface area (Å²) in [7, 11) is 1.72. The zero-order valence-corrected chi connectivity index (χ0v) is 27.0. The molecule has 1 aromatic rings. The second-order valence-electron chi connectivity index (χ2n) is 11.3. The van der Waals surface area contributed by atoms with Crippen molar-refractivity contribution < 1.29 is 9.53 Å². The molecule has 1 aromatic carbocycles. The molecule has 0 spiro atoms. The van der Waals surface area contributed by atoms with Crippen LogP contribution in [-0.2, 0) is 4.79 Å². The molecular weight excluding hydrogens is 452 g/mol. The third-order valence-electron chi connectivity index (χ3n) is 9.16. The molecular formula is C35H62O2. The van der Waals surface area contributed by atoms with E-state index in [0.29, 0.717) is 35.4 Å². The molecule has 2 saturated carbocycles. The van der Waals surface area contributed by atoms with Crippen LogP contribution in [0.25, 0.3) is 0 Å². The summed E-state index contributed by atoms with van der Waals surface area (Å²) in [5, 5.41) is 0. The van der Waals surface area contributed by atoms with Crippen molar-refractivity contribution in [1.29, 1.82) is 0 Å².